The maximum atomic E-state index is 12.3. The molecule has 1 heterocycles. The predicted octanol–water partition coefficient (Wildman–Crippen LogP) is 3.74. The average Bonchev–Trinajstić information content (AvgIpc) is 2.93. The van der Waals surface area contributed by atoms with Crippen LogP contribution in [0.1, 0.15) is 17.5 Å². The zero-order chi connectivity index (χ0) is 32.0. The molecule has 0 amide bonds. The van der Waals surface area contributed by atoms with Crippen molar-refractivity contribution in [3.63, 3.8) is 0 Å². The van der Waals surface area contributed by atoms with Crippen LogP contribution >= 0.6 is 0 Å². The number of hydrogen-bond acceptors (Lipinski definition) is 13. The summed E-state index contributed by atoms with van der Waals surface area (Å²) in [6, 6.07) is 8.10. The zero-order valence-electron chi connectivity index (χ0n) is 23.0. The van der Waals surface area contributed by atoms with E-state index in [1.165, 1.54) is 38.3 Å². The van der Waals surface area contributed by atoms with Gasteiger partial charge in [-0.25, -0.2) is 13.4 Å². The van der Waals surface area contributed by atoms with Crippen molar-refractivity contribution in [1.29, 1.82) is 5.26 Å². The van der Waals surface area contributed by atoms with Crippen LogP contribution in [0, 0.1) is 18.3 Å². The second kappa shape index (κ2) is 13.5. The Bertz CT molecular complexity index is 1950. The van der Waals surface area contributed by atoms with Crippen LogP contribution < -0.4 is 10.6 Å². The molecular formula is C25H28N6O9S3. The van der Waals surface area contributed by atoms with Crippen molar-refractivity contribution in [2.24, 2.45) is 10.2 Å². The maximum Gasteiger partial charge on any atom is 0.296 e. The lowest BCUT2D eigenvalue weighted by Crippen LogP contribution is -2.16. The molecule has 0 atom stereocenters. The van der Waals surface area contributed by atoms with Crippen molar-refractivity contribution in [1.82, 2.24) is 4.98 Å². The number of fused-ring (bicyclic) bond motifs is 1. The first-order valence-electron chi connectivity index (χ1n) is 12.3. The Labute approximate surface area is 248 Å². The Morgan fingerprint density at radius 3 is 2.16 bits per heavy atom. The number of nitrogens with zero attached hydrogens (tertiary/aromatic N) is 4. The fraction of sp³-hybridized carbons (Fsp3) is 0.280. The van der Waals surface area contributed by atoms with E-state index in [-0.39, 0.29) is 51.5 Å². The van der Waals surface area contributed by atoms with Gasteiger partial charge in [0, 0.05) is 48.6 Å². The SMILES string of the molecule is C=CS(=O)(=O)CCNc1nc(NCCCOC)c(N=Nc2c(S(=O)(=O)O)cc(S(=O)(=O)O)c3ccccc23)c(C)c1C#N. The molecule has 1 aromatic heterocycles. The van der Waals surface area contributed by atoms with Gasteiger partial charge < -0.3 is 15.4 Å². The van der Waals surface area contributed by atoms with Gasteiger partial charge in [-0.05, 0) is 19.4 Å². The number of nitrogens with one attached hydrogen (secondary N) is 2. The van der Waals surface area contributed by atoms with Crippen LogP contribution in [0.2, 0.25) is 0 Å². The van der Waals surface area contributed by atoms with E-state index in [9.17, 15) is 39.6 Å². The van der Waals surface area contributed by atoms with Crippen LogP contribution in [0.3, 0.4) is 0 Å². The number of sulfone groups is 1. The molecule has 4 N–H and O–H groups in total. The van der Waals surface area contributed by atoms with E-state index in [1.54, 1.807) is 0 Å². The van der Waals surface area contributed by atoms with Crippen molar-refractivity contribution in [2.75, 3.05) is 43.2 Å². The second-order valence-corrected chi connectivity index (χ2v) is 13.8. The van der Waals surface area contributed by atoms with Gasteiger partial charge in [-0.3, -0.25) is 9.11 Å². The molecule has 3 aromatic rings. The van der Waals surface area contributed by atoms with Crippen molar-refractivity contribution < 1.29 is 39.1 Å². The summed E-state index contributed by atoms with van der Waals surface area (Å²) in [4.78, 5) is 2.69. The molecule has 0 aliphatic rings. The number of anilines is 2. The summed E-state index contributed by atoms with van der Waals surface area (Å²) >= 11 is 0. The minimum atomic E-state index is -5.09. The average molecular weight is 653 g/mol. The topological polar surface area (TPSA) is 238 Å². The number of benzene rings is 2. The Morgan fingerprint density at radius 2 is 1.58 bits per heavy atom. The molecule has 0 bridgehead atoms. The number of methoxy groups -OCH3 is 1. The number of azo groups is 1. The summed E-state index contributed by atoms with van der Waals surface area (Å²) < 4.78 is 97.0. The molecule has 3 rings (SSSR count). The summed E-state index contributed by atoms with van der Waals surface area (Å²) in [7, 11) is -12.0. The molecule has 15 nitrogen and oxygen atoms in total. The van der Waals surface area contributed by atoms with Gasteiger partial charge in [-0.1, -0.05) is 30.8 Å². The molecule has 0 unspecified atom stereocenters. The number of hydrogen-bond donors (Lipinski definition) is 4. The minimum Gasteiger partial charge on any atom is -0.385 e. The van der Waals surface area contributed by atoms with Gasteiger partial charge >= 0.3 is 0 Å². The summed E-state index contributed by atoms with van der Waals surface area (Å²) in [5.41, 5.74) is -0.209. The zero-order valence-corrected chi connectivity index (χ0v) is 25.4. The Hall–Kier alpha value is -3.99. The Balaban J connectivity index is 2.25. The van der Waals surface area contributed by atoms with E-state index in [1.807, 2.05) is 6.07 Å². The maximum absolute atomic E-state index is 12.3. The van der Waals surface area contributed by atoms with Crippen molar-refractivity contribution in [2.45, 2.75) is 23.1 Å². The third-order valence-corrected chi connectivity index (χ3v) is 9.07. The molecule has 0 saturated carbocycles. The molecule has 0 fully saturated rings. The number of pyridine rings is 1. The summed E-state index contributed by atoms with van der Waals surface area (Å²) in [6.45, 7) is 5.40. The molecule has 0 radical (unpaired) electrons. The molecule has 2 aromatic carbocycles. The van der Waals surface area contributed by atoms with Crippen LogP contribution in [0.25, 0.3) is 10.8 Å². The molecule has 0 aliphatic carbocycles. The fourth-order valence-electron chi connectivity index (χ4n) is 3.94. The first-order valence-corrected chi connectivity index (χ1v) is 16.9. The Kier molecular flexibility index (Phi) is 10.6. The molecule has 0 saturated heterocycles. The van der Waals surface area contributed by atoms with Crippen LogP contribution in [-0.2, 0) is 34.8 Å². The van der Waals surface area contributed by atoms with Crippen molar-refractivity contribution in [3.8, 4) is 6.07 Å². The van der Waals surface area contributed by atoms with Crippen LogP contribution in [0.5, 0.6) is 0 Å². The van der Waals surface area contributed by atoms with E-state index < -0.39 is 45.6 Å². The van der Waals surface area contributed by atoms with E-state index in [4.69, 9.17) is 4.74 Å². The molecule has 43 heavy (non-hydrogen) atoms. The van der Waals surface area contributed by atoms with E-state index in [0.717, 1.165) is 5.41 Å². The van der Waals surface area contributed by atoms with Gasteiger partial charge in [0.05, 0.1) is 11.3 Å². The van der Waals surface area contributed by atoms with Gasteiger partial charge in [0.25, 0.3) is 20.2 Å². The fourth-order valence-corrected chi connectivity index (χ4v) is 5.95. The summed E-state index contributed by atoms with van der Waals surface area (Å²) in [5, 5.41) is 24.6. The van der Waals surface area contributed by atoms with Gasteiger partial charge in [-0.2, -0.15) is 22.1 Å². The summed E-state index contributed by atoms with van der Waals surface area (Å²) in [5.74, 6) is -0.169. The Morgan fingerprint density at radius 1 is 0.977 bits per heavy atom. The largest absolute Gasteiger partial charge is 0.385 e. The highest BCUT2D eigenvalue weighted by atomic mass is 32.2. The first-order chi connectivity index (χ1) is 20.1. The third-order valence-electron chi connectivity index (χ3n) is 6.03. The van der Waals surface area contributed by atoms with Crippen molar-refractivity contribution in [3.05, 3.63) is 53.4 Å². The quantitative estimate of drug-likeness (QED) is 0.110. The van der Waals surface area contributed by atoms with Gasteiger partial charge in [0.15, 0.2) is 15.7 Å². The van der Waals surface area contributed by atoms with Crippen LogP contribution in [0.15, 0.2) is 62.3 Å². The lowest BCUT2D eigenvalue weighted by atomic mass is 10.1. The summed E-state index contributed by atoms with van der Waals surface area (Å²) in [6.07, 6.45) is 0.531. The number of aromatic nitrogens is 1. The predicted molar refractivity (Wildman–Crippen MR) is 159 cm³/mol. The third kappa shape index (κ3) is 8.10. The monoisotopic (exact) mass is 652 g/mol. The smallest absolute Gasteiger partial charge is 0.296 e. The highest BCUT2D eigenvalue weighted by Gasteiger charge is 2.26. The highest BCUT2D eigenvalue weighted by molar-refractivity contribution is 7.94. The molecule has 0 aliphatic heterocycles. The number of nitriles is 1. The van der Waals surface area contributed by atoms with Crippen LogP contribution in [-0.4, -0.2) is 71.9 Å². The van der Waals surface area contributed by atoms with E-state index >= 15 is 0 Å². The van der Waals surface area contributed by atoms with E-state index in [0.29, 0.717) is 25.6 Å². The number of rotatable bonds is 14. The first kappa shape index (κ1) is 33.5. The van der Waals surface area contributed by atoms with Crippen molar-refractivity contribution >= 4 is 63.9 Å². The number of ether oxygens (including phenoxy) is 1. The van der Waals surface area contributed by atoms with Crippen LogP contribution in [0.4, 0.5) is 23.0 Å². The molecule has 0 spiro atoms. The van der Waals surface area contributed by atoms with Gasteiger partial charge in [0.1, 0.15) is 33.1 Å². The molecule has 230 valence electrons. The highest BCUT2D eigenvalue weighted by Crippen LogP contribution is 2.40. The minimum absolute atomic E-state index is 0.00227. The molecular weight excluding hydrogens is 625 g/mol. The lowest BCUT2D eigenvalue weighted by Gasteiger charge is -2.16. The lowest BCUT2D eigenvalue weighted by molar-refractivity contribution is 0.198. The normalized spacial score (nSPS) is 12.3. The second-order valence-electron chi connectivity index (χ2n) is 8.92. The van der Waals surface area contributed by atoms with Gasteiger partial charge in [0.2, 0.25) is 0 Å². The van der Waals surface area contributed by atoms with E-state index in [2.05, 4.69) is 32.4 Å². The van der Waals surface area contributed by atoms with Gasteiger partial charge in [-0.15, -0.1) is 10.2 Å². The molecule has 18 heteroatoms. The standard InChI is InChI=1S/C25H28N6O9S3/c1-4-41(32,33)13-11-28-24-19(15-26)16(2)22(25(29-24)27-10-7-12-40-3)30-31-23-18-9-6-5-8-17(18)20(42(34,35)36)14-21(23)43(37,38)39/h4-6,8-9,14H,1,7,10-13H2,2-3H3,(H2,27,28,29)(H,34,35,36)(H,37,38,39).